The number of hydrogen-bond acceptors (Lipinski definition) is 1. The lowest BCUT2D eigenvalue weighted by Gasteiger charge is -2.08. The molecule has 0 radical (unpaired) electrons. The molecule has 0 heterocycles. The Morgan fingerprint density at radius 1 is 1.35 bits per heavy atom. The molecule has 0 unspecified atom stereocenters. The molecule has 0 aliphatic rings. The third kappa shape index (κ3) is 3.58. The van der Waals surface area contributed by atoms with E-state index in [4.69, 9.17) is 11.6 Å². The lowest BCUT2D eigenvalue weighted by atomic mass is 10.1. The summed E-state index contributed by atoms with van der Waals surface area (Å²) in [6.45, 7) is 1.92. The van der Waals surface area contributed by atoms with Gasteiger partial charge in [0.15, 0.2) is 0 Å². The SMILES string of the molecule is Cc1cc(NC(=O)Cc2c(F)cccc2Cl)ccc1Br. The molecule has 0 saturated carbocycles. The molecule has 1 amide bonds. The molecule has 0 spiro atoms. The summed E-state index contributed by atoms with van der Waals surface area (Å²) in [5, 5.41) is 2.98. The number of carbonyl (C=O) groups excluding carboxylic acids is 1. The van der Waals surface area contributed by atoms with E-state index in [0.29, 0.717) is 5.69 Å². The van der Waals surface area contributed by atoms with Crippen LogP contribution in [-0.2, 0) is 11.2 Å². The van der Waals surface area contributed by atoms with Gasteiger partial charge in [-0.25, -0.2) is 4.39 Å². The second-order valence-electron chi connectivity index (χ2n) is 4.39. The molecule has 0 fully saturated rings. The van der Waals surface area contributed by atoms with Crippen LogP contribution in [0.25, 0.3) is 0 Å². The van der Waals surface area contributed by atoms with E-state index in [9.17, 15) is 9.18 Å². The molecule has 2 aromatic rings. The van der Waals surface area contributed by atoms with Gasteiger partial charge in [-0.1, -0.05) is 33.6 Å². The minimum absolute atomic E-state index is 0.0966. The molecule has 104 valence electrons. The Morgan fingerprint density at radius 3 is 2.75 bits per heavy atom. The first-order valence-corrected chi connectivity index (χ1v) is 7.13. The fourth-order valence-electron chi connectivity index (χ4n) is 1.79. The summed E-state index contributed by atoms with van der Waals surface area (Å²) in [6, 6.07) is 9.83. The van der Waals surface area contributed by atoms with Gasteiger partial charge in [-0.3, -0.25) is 4.79 Å². The van der Waals surface area contributed by atoms with Crippen LogP contribution < -0.4 is 5.32 Å². The van der Waals surface area contributed by atoms with Gasteiger partial charge in [0.2, 0.25) is 5.91 Å². The summed E-state index contributed by atoms with van der Waals surface area (Å²) in [7, 11) is 0. The molecule has 0 aromatic heterocycles. The molecule has 5 heteroatoms. The first-order chi connectivity index (χ1) is 9.47. The average molecular weight is 357 g/mol. The van der Waals surface area contributed by atoms with Crippen molar-refractivity contribution in [3.63, 3.8) is 0 Å². The summed E-state index contributed by atoms with van der Waals surface area (Å²) in [5.41, 5.74) is 1.88. The summed E-state index contributed by atoms with van der Waals surface area (Å²) in [5.74, 6) is -0.779. The summed E-state index contributed by atoms with van der Waals surface area (Å²) >= 11 is 9.29. The largest absolute Gasteiger partial charge is 0.326 e. The van der Waals surface area contributed by atoms with Crippen LogP contribution in [0.5, 0.6) is 0 Å². The number of halogens is 3. The monoisotopic (exact) mass is 355 g/mol. The van der Waals surface area contributed by atoms with Crippen molar-refractivity contribution in [1.29, 1.82) is 0 Å². The lowest BCUT2D eigenvalue weighted by molar-refractivity contribution is -0.115. The van der Waals surface area contributed by atoms with Crippen LogP contribution in [-0.4, -0.2) is 5.91 Å². The maximum absolute atomic E-state index is 13.6. The number of amides is 1. The van der Waals surface area contributed by atoms with Gasteiger partial charge in [0, 0.05) is 20.7 Å². The Kier molecular flexibility index (Phi) is 4.78. The van der Waals surface area contributed by atoms with Gasteiger partial charge < -0.3 is 5.32 Å². The molecule has 0 aliphatic heterocycles. The highest BCUT2D eigenvalue weighted by Gasteiger charge is 2.12. The zero-order valence-corrected chi connectivity index (χ0v) is 13.1. The van der Waals surface area contributed by atoms with Crippen molar-refractivity contribution in [2.75, 3.05) is 5.32 Å². The van der Waals surface area contributed by atoms with E-state index in [1.807, 2.05) is 19.1 Å². The van der Waals surface area contributed by atoms with E-state index in [2.05, 4.69) is 21.2 Å². The molecular formula is C15H12BrClFNO. The Morgan fingerprint density at radius 2 is 2.10 bits per heavy atom. The molecule has 0 atom stereocenters. The fourth-order valence-corrected chi connectivity index (χ4v) is 2.27. The zero-order chi connectivity index (χ0) is 14.7. The van der Waals surface area contributed by atoms with E-state index in [1.54, 1.807) is 12.1 Å². The van der Waals surface area contributed by atoms with Crippen LogP contribution in [0.3, 0.4) is 0 Å². The standard InChI is InChI=1S/C15H12BrClFNO/c1-9-7-10(5-6-12(9)16)19-15(20)8-11-13(17)3-2-4-14(11)18/h2-7H,8H2,1H3,(H,19,20). The van der Waals surface area contributed by atoms with Crippen molar-refractivity contribution in [2.24, 2.45) is 0 Å². The van der Waals surface area contributed by atoms with Crippen molar-refractivity contribution < 1.29 is 9.18 Å². The number of anilines is 1. The average Bonchev–Trinajstić information content (AvgIpc) is 2.38. The van der Waals surface area contributed by atoms with Gasteiger partial charge >= 0.3 is 0 Å². The summed E-state index contributed by atoms with van der Waals surface area (Å²) in [4.78, 5) is 11.9. The smallest absolute Gasteiger partial charge is 0.228 e. The molecule has 2 rings (SSSR count). The minimum Gasteiger partial charge on any atom is -0.326 e. The topological polar surface area (TPSA) is 29.1 Å². The van der Waals surface area contributed by atoms with Gasteiger partial charge in [0.1, 0.15) is 5.82 Å². The highest BCUT2D eigenvalue weighted by Crippen LogP contribution is 2.22. The van der Waals surface area contributed by atoms with Gasteiger partial charge in [-0.15, -0.1) is 0 Å². The number of benzene rings is 2. The Balaban J connectivity index is 2.11. The lowest BCUT2D eigenvalue weighted by Crippen LogP contribution is -2.15. The highest BCUT2D eigenvalue weighted by molar-refractivity contribution is 9.10. The predicted molar refractivity (Wildman–Crippen MR) is 82.6 cm³/mol. The number of carbonyl (C=O) groups is 1. The third-order valence-electron chi connectivity index (χ3n) is 2.84. The first kappa shape index (κ1) is 15.0. The normalized spacial score (nSPS) is 10.4. The van der Waals surface area contributed by atoms with Crippen molar-refractivity contribution >= 4 is 39.1 Å². The van der Waals surface area contributed by atoms with E-state index in [1.165, 1.54) is 12.1 Å². The molecule has 0 saturated heterocycles. The van der Waals surface area contributed by atoms with Gasteiger partial charge in [-0.05, 0) is 42.8 Å². The van der Waals surface area contributed by atoms with Crippen LogP contribution in [0.1, 0.15) is 11.1 Å². The maximum atomic E-state index is 13.6. The van der Waals surface area contributed by atoms with Crippen molar-refractivity contribution in [1.82, 2.24) is 0 Å². The first-order valence-electron chi connectivity index (χ1n) is 5.96. The van der Waals surface area contributed by atoms with Crippen molar-refractivity contribution in [3.8, 4) is 0 Å². The Hall–Kier alpha value is -1.39. The van der Waals surface area contributed by atoms with Crippen molar-refractivity contribution in [2.45, 2.75) is 13.3 Å². The zero-order valence-electron chi connectivity index (χ0n) is 10.7. The fraction of sp³-hybridized carbons (Fsp3) is 0.133. The number of hydrogen-bond donors (Lipinski definition) is 1. The van der Waals surface area contributed by atoms with Crippen LogP contribution in [0, 0.1) is 12.7 Å². The number of aryl methyl sites for hydroxylation is 1. The molecule has 20 heavy (non-hydrogen) atoms. The van der Waals surface area contributed by atoms with Gasteiger partial charge in [0.25, 0.3) is 0 Å². The molecule has 2 aromatic carbocycles. The summed E-state index contributed by atoms with van der Waals surface area (Å²) in [6.07, 6.45) is -0.0966. The molecule has 0 bridgehead atoms. The van der Waals surface area contributed by atoms with E-state index in [-0.39, 0.29) is 22.9 Å². The van der Waals surface area contributed by atoms with E-state index in [0.717, 1.165) is 10.0 Å². The maximum Gasteiger partial charge on any atom is 0.228 e. The second kappa shape index (κ2) is 6.37. The third-order valence-corrected chi connectivity index (χ3v) is 4.08. The number of nitrogens with one attached hydrogen (secondary N) is 1. The predicted octanol–water partition coefficient (Wildman–Crippen LogP) is 4.73. The van der Waals surface area contributed by atoms with Crippen LogP contribution in [0.4, 0.5) is 10.1 Å². The van der Waals surface area contributed by atoms with Gasteiger partial charge in [0.05, 0.1) is 6.42 Å². The molecular weight excluding hydrogens is 345 g/mol. The van der Waals surface area contributed by atoms with Crippen molar-refractivity contribution in [3.05, 3.63) is 62.8 Å². The van der Waals surface area contributed by atoms with E-state index < -0.39 is 5.82 Å². The minimum atomic E-state index is -0.473. The Labute approximate surface area is 130 Å². The molecule has 1 N–H and O–H groups in total. The van der Waals surface area contributed by atoms with Crippen LogP contribution in [0.15, 0.2) is 40.9 Å². The molecule has 0 aliphatic carbocycles. The second-order valence-corrected chi connectivity index (χ2v) is 5.65. The van der Waals surface area contributed by atoms with Crippen LogP contribution in [0.2, 0.25) is 5.02 Å². The Bertz CT molecular complexity index is 640. The molecule has 2 nitrogen and oxygen atoms in total. The quantitative estimate of drug-likeness (QED) is 0.846. The highest BCUT2D eigenvalue weighted by atomic mass is 79.9. The number of rotatable bonds is 3. The summed E-state index contributed by atoms with van der Waals surface area (Å²) < 4.78 is 14.6. The van der Waals surface area contributed by atoms with Gasteiger partial charge in [-0.2, -0.15) is 0 Å². The van der Waals surface area contributed by atoms with Crippen LogP contribution >= 0.6 is 27.5 Å². The van der Waals surface area contributed by atoms with E-state index >= 15 is 0 Å².